The number of benzene rings is 2. The SMILES string of the molecule is O=C(CCCC(=O)Oc1ccccc1F)OCc1c(F)c(F)c(F)c(F)c1F. The molecule has 0 aromatic heterocycles. The molecular formula is C18H12F6O4. The van der Waals surface area contributed by atoms with Gasteiger partial charge in [0, 0.05) is 12.8 Å². The summed E-state index contributed by atoms with van der Waals surface area (Å²) in [5.74, 6) is -13.7. The molecule has 0 spiro atoms. The maximum Gasteiger partial charge on any atom is 0.311 e. The van der Waals surface area contributed by atoms with E-state index < -0.39 is 65.4 Å². The van der Waals surface area contributed by atoms with E-state index >= 15 is 0 Å². The van der Waals surface area contributed by atoms with Gasteiger partial charge in [-0.1, -0.05) is 12.1 Å². The van der Waals surface area contributed by atoms with Crippen LogP contribution in [0.3, 0.4) is 0 Å². The standard InChI is InChI=1S/C18H12F6O4/c19-10-4-1-2-5-11(10)28-13(26)7-3-6-12(25)27-8-9-14(20)16(22)18(24)17(23)15(9)21/h1-2,4-5H,3,6-8H2. The lowest BCUT2D eigenvalue weighted by molar-refractivity contribution is -0.145. The van der Waals surface area contributed by atoms with E-state index in [2.05, 4.69) is 4.74 Å². The third-order valence-corrected chi connectivity index (χ3v) is 3.50. The van der Waals surface area contributed by atoms with Gasteiger partial charge < -0.3 is 9.47 Å². The number of para-hydroxylation sites is 1. The molecule has 2 aromatic carbocycles. The minimum atomic E-state index is -2.32. The smallest absolute Gasteiger partial charge is 0.311 e. The van der Waals surface area contributed by atoms with Crippen molar-refractivity contribution >= 4 is 11.9 Å². The van der Waals surface area contributed by atoms with Crippen LogP contribution in [0.25, 0.3) is 0 Å². The second-order valence-corrected chi connectivity index (χ2v) is 5.47. The molecule has 0 aliphatic carbocycles. The van der Waals surface area contributed by atoms with Crippen molar-refractivity contribution in [3.8, 4) is 5.75 Å². The minimum absolute atomic E-state index is 0.108. The van der Waals surface area contributed by atoms with E-state index in [1.54, 1.807) is 0 Å². The largest absolute Gasteiger partial charge is 0.461 e. The van der Waals surface area contributed by atoms with Crippen LogP contribution in [0, 0.1) is 34.9 Å². The maximum atomic E-state index is 13.4. The van der Waals surface area contributed by atoms with Crippen molar-refractivity contribution in [2.24, 2.45) is 0 Å². The summed E-state index contributed by atoms with van der Waals surface area (Å²) < 4.78 is 88.4. The second-order valence-electron chi connectivity index (χ2n) is 5.47. The summed E-state index contributed by atoms with van der Waals surface area (Å²) in [7, 11) is 0. The monoisotopic (exact) mass is 406 g/mol. The van der Waals surface area contributed by atoms with E-state index in [-0.39, 0.29) is 18.6 Å². The van der Waals surface area contributed by atoms with Gasteiger partial charge in [-0.15, -0.1) is 0 Å². The van der Waals surface area contributed by atoms with Crippen molar-refractivity contribution in [1.29, 1.82) is 0 Å². The zero-order chi connectivity index (χ0) is 20.8. The maximum absolute atomic E-state index is 13.4. The van der Waals surface area contributed by atoms with Crippen molar-refractivity contribution < 1.29 is 45.4 Å². The van der Waals surface area contributed by atoms with Crippen LogP contribution >= 0.6 is 0 Å². The van der Waals surface area contributed by atoms with E-state index in [4.69, 9.17) is 4.74 Å². The third-order valence-electron chi connectivity index (χ3n) is 3.50. The fourth-order valence-electron chi connectivity index (χ4n) is 2.08. The molecule has 2 aromatic rings. The Hall–Kier alpha value is -3.04. The lowest BCUT2D eigenvalue weighted by Crippen LogP contribution is -2.13. The Morgan fingerprint density at radius 1 is 0.750 bits per heavy atom. The van der Waals surface area contributed by atoms with Crippen molar-refractivity contribution in [3.05, 3.63) is 64.7 Å². The van der Waals surface area contributed by atoms with Gasteiger partial charge in [-0.25, -0.2) is 26.3 Å². The first kappa shape index (κ1) is 21.3. The second kappa shape index (κ2) is 9.25. The molecule has 0 saturated carbocycles. The van der Waals surface area contributed by atoms with Gasteiger partial charge in [0.1, 0.15) is 6.61 Å². The van der Waals surface area contributed by atoms with Gasteiger partial charge in [-0.05, 0) is 18.6 Å². The van der Waals surface area contributed by atoms with Gasteiger partial charge in [0.2, 0.25) is 5.82 Å². The van der Waals surface area contributed by atoms with Crippen molar-refractivity contribution in [2.75, 3.05) is 0 Å². The molecular weight excluding hydrogens is 394 g/mol. The molecule has 0 N–H and O–H groups in total. The molecule has 150 valence electrons. The normalized spacial score (nSPS) is 10.6. The first-order valence-electron chi connectivity index (χ1n) is 7.83. The molecule has 4 nitrogen and oxygen atoms in total. The lowest BCUT2D eigenvalue weighted by atomic mass is 10.2. The van der Waals surface area contributed by atoms with Crippen molar-refractivity contribution in [1.82, 2.24) is 0 Å². The lowest BCUT2D eigenvalue weighted by Gasteiger charge is -2.09. The van der Waals surface area contributed by atoms with Crippen LogP contribution in [0.1, 0.15) is 24.8 Å². The molecule has 0 fully saturated rings. The summed E-state index contributed by atoms with van der Waals surface area (Å²) in [6.07, 6.45) is -0.809. The highest BCUT2D eigenvalue weighted by molar-refractivity contribution is 5.74. The summed E-state index contributed by atoms with van der Waals surface area (Å²) >= 11 is 0. The van der Waals surface area contributed by atoms with Crippen LogP contribution in [0.5, 0.6) is 5.75 Å². The van der Waals surface area contributed by atoms with E-state index in [0.717, 1.165) is 6.07 Å². The Morgan fingerprint density at radius 2 is 1.29 bits per heavy atom. The quantitative estimate of drug-likeness (QED) is 0.226. The highest BCUT2D eigenvalue weighted by atomic mass is 19.2. The Labute approximate surface area is 154 Å². The van der Waals surface area contributed by atoms with E-state index in [9.17, 15) is 35.9 Å². The average Bonchev–Trinajstić information content (AvgIpc) is 2.66. The molecule has 0 radical (unpaired) electrons. The Bertz CT molecular complexity index is 871. The molecule has 0 aliphatic heterocycles. The van der Waals surface area contributed by atoms with E-state index in [0.29, 0.717) is 0 Å². The topological polar surface area (TPSA) is 52.6 Å². The molecule has 0 heterocycles. The molecule has 0 atom stereocenters. The van der Waals surface area contributed by atoms with Crippen molar-refractivity contribution in [2.45, 2.75) is 25.9 Å². The van der Waals surface area contributed by atoms with Gasteiger partial charge in [0.05, 0.1) is 5.56 Å². The van der Waals surface area contributed by atoms with Crippen LogP contribution in [0.4, 0.5) is 26.3 Å². The summed E-state index contributed by atoms with van der Waals surface area (Å²) in [6, 6.07) is 5.15. The number of ether oxygens (including phenoxy) is 2. The molecule has 10 heteroatoms. The Balaban J connectivity index is 1.82. The number of hydrogen-bond acceptors (Lipinski definition) is 4. The van der Waals surface area contributed by atoms with Crippen molar-refractivity contribution in [3.63, 3.8) is 0 Å². The predicted octanol–water partition coefficient (Wildman–Crippen LogP) is 4.34. The molecule has 0 amide bonds. The van der Waals surface area contributed by atoms with Gasteiger partial charge in [-0.2, -0.15) is 0 Å². The third kappa shape index (κ3) is 5.02. The van der Waals surface area contributed by atoms with Crippen LogP contribution in [0.15, 0.2) is 24.3 Å². The number of esters is 2. The summed E-state index contributed by atoms with van der Waals surface area (Å²) in [6.45, 7) is -1.18. The van der Waals surface area contributed by atoms with Gasteiger partial charge >= 0.3 is 11.9 Å². The summed E-state index contributed by atoms with van der Waals surface area (Å²) in [4.78, 5) is 23.1. The first-order chi connectivity index (χ1) is 13.2. The highest BCUT2D eigenvalue weighted by Gasteiger charge is 2.26. The average molecular weight is 406 g/mol. The van der Waals surface area contributed by atoms with E-state index in [1.807, 2.05) is 0 Å². The molecule has 0 unspecified atom stereocenters. The number of rotatable bonds is 7. The van der Waals surface area contributed by atoms with Crippen LogP contribution in [0.2, 0.25) is 0 Å². The number of carbonyl (C=O) groups is 2. The minimum Gasteiger partial charge on any atom is -0.461 e. The predicted molar refractivity (Wildman–Crippen MR) is 81.9 cm³/mol. The fraction of sp³-hybridized carbons (Fsp3) is 0.222. The van der Waals surface area contributed by atoms with Gasteiger partial charge in [0.25, 0.3) is 0 Å². The fourth-order valence-corrected chi connectivity index (χ4v) is 2.08. The van der Waals surface area contributed by atoms with Gasteiger partial charge in [0.15, 0.2) is 34.8 Å². The Kier molecular flexibility index (Phi) is 7.02. The molecule has 0 saturated heterocycles. The van der Waals surface area contributed by atoms with Crippen LogP contribution in [-0.2, 0) is 20.9 Å². The Morgan fingerprint density at radius 3 is 1.89 bits per heavy atom. The molecule has 0 aliphatic rings. The van der Waals surface area contributed by atoms with E-state index in [1.165, 1.54) is 18.2 Å². The van der Waals surface area contributed by atoms with Crippen LogP contribution in [-0.4, -0.2) is 11.9 Å². The highest BCUT2D eigenvalue weighted by Crippen LogP contribution is 2.23. The molecule has 2 rings (SSSR count). The zero-order valence-corrected chi connectivity index (χ0v) is 14.0. The number of carbonyl (C=O) groups excluding carboxylic acids is 2. The number of halogens is 6. The van der Waals surface area contributed by atoms with Gasteiger partial charge in [-0.3, -0.25) is 9.59 Å². The summed E-state index contributed by atoms with van der Waals surface area (Å²) in [5, 5.41) is 0. The zero-order valence-electron chi connectivity index (χ0n) is 14.0. The molecule has 0 bridgehead atoms. The summed E-state index contributed by atoms with van der Waals surface area (Å²) in [5.41, 5.74) is -1.29. The van der Waals surface area contributed by atoms with Crippen LogP contribution < -0.4 is 4.74 Å². The first-order valence-corrected chi connectivity index (χ1v) is 7.83. The molecule has 28 heavy (non-hydrogen) atoms. The number of hydrogen-bond donors (Lipinski definition) is 0.